The van der Waals surface area contributed by atoms with Gasteiger partial charge in [-0.25, -0.2) is 0 Å². The van der Waals surface area contributed by atoms with Crippen LogP contribution in [0.2, 0.25) is 0 Å². The summed E-state index contributed by atoms with van der Waals surface area (Å²) in [6.45, 7) is 2.14. The molecule has 2 aromatic carbocycles. The molecule has 2 rings (SSSR count). The van der Waals surface area contributed by atoms with Gasteiger partial charge in [-0.3, -0.25) is 0 Å². The molecule has 0 amide bonds. The van der Waals surface area contributed by atoms with Crippen molar-refractivity contribution < 1.29 is 0 Å². The van der Waals surface area contributed by atoms with E-state index in [1.54, 1.807) is 11.8 Å². The van der Waals surface area contributed by atoms with E-state index in [2.05, 4.69) is 65.3 Å². The molecule has 0 bridgehead atoms. The predicted molar refractivity (Wildman–Crippen MR) is 69.4 cm³/mol. The van der Waals surface area contributed by atoms with Gasteiger partial charge in [-0.15, -0.1) is 0 Å². The third kappa shape index (κ3) is 2.86. The predicted octanol–water partition coefficient (Wildman–Crippen LogP) is 4.91. The second-order valence-electron chi connectivity index (χ2n) is 3.32. The molecule has 76 valence electrons. The molecule has 0 atom stereocenters. The Balaban J connectivity index is 2.26. The van der Waals surface area contributed by atoms with E-state index in [0.29, 0.717) is 0 Å². The summed E-state index contributed by atoms with van der Waals surface area (Å²) in [6, 6.07) is 16.8. The van der Waals surface area contributed by atoms with Gasteiger partial charge in [-0.05, 0) is 36.8 Å². The Bertz CT molecular complexity index is 466. The fourth-order valence-corrected chi connectivity index (χ4v) is 2.84. The minimum atomic E-state index is 1.13. The monoisotopic (exact) mass is 278 g/mol. The summed E-state index contributed by atoms with van der Waals surface area (Å²) in [6.07, 6.45) is 0. The quantitative estimate of drug-likeness (QED) is 0.752. The van der Waals surface area contributed by atoms with Crippen LogP contribution in [0.4, 0.5) is 0 Å². The molecule has 0 aliphatic heterocycles. The Morgan fingerprint density at radius 1 is 1.00 bits per heavy atom. The highest BCUT2D eigenvalue weighted by Gasteiger charge is 2.00. The highest BCUT2D eigenvalue weighted by Crippen LogP contribution is 2.31. The van der Waals surface area contributed by atoms with Crippen molar-refractivity contribution in [1.29, 1.82) is 0 Å². The first-order valence-corrected chi connectivity index (χ1v) is 6.36. The molecule has 0 spiro atoms. The molecule has 0 unspecified atom stereocenters. The lowest BCUT2D eigenvalue weighted by atomic mass is 10.2. The van der Waals surface area contributed by atoms with Gasteiger partial charge in [0.1, 0.15) is 0 Å². The fraction of sp³-hybridized carbons (Fsp3) is 0.0769. The van der Waals surface area contributed by atoms with Crippen LogP contribution in [0.15, 0.2) is 62.8 Å². The van der Waals surface area contributed by atoms with Crippen molar-refractivity contribution >= 4 is 27.7 Å². The zero-order valence-electron chi connectivity index (χ0n) is 8.41. The van der Waals surface area contributed by atoms with Gasteiger partial charge in [0.05, 0.1) is 0 Å². The molecule has 0 nitrogen and oxygen atoms in total. The van der Waals surface area contributed by atoms with Crippen LogP contribution in [0, 0.1) is 6.92 Å². The summed E-state index contributed by atoms with van der Waals surface area (Å²) in [5.74, 6) is 0. The van der Waals surface area contributed by atoms with E-state index in [1.807, 2.05) is 6.07 Å². The molecule has 0 aliphatic rings. The number of aryl methyl sites for hydroxylation is 1. The number of halogens is 1. The Labute approximate surface area is 103 Å². The molecular weight excluding hydrogens is 268 g/mol. The van der Waals surface area contributed by atoms with E-state index in [-0.39, 0.29) is 0 Å². The van der Waals surface area contributed by atoms with Crippen molar-refractivity contribution in [2.45, 2.75) is 16.7 Å². The highest BCUT2D eigenvalue weighted by molar-refractivity contribution is 9.10. The summed E-state index contributed by atoms with van der Waals surface area (Å²) in [4.78, 5) is 2.58. The van der Waals surface area contributed by atoms with Gasteiger partial charge in [0, 0.05) is 14.3 Å². The number of benzene rings is 2. The van der Waals surface area contributed by atoms with Crippen LogP contribution in [0.5, 0.6) is 0 Å². The first-order valence-electron chi connectivity index (χ1n) is 4.75. The van der Waals surface area contributed by atoms with Crippen LogP contribution in [0.1, 0.15) is 5.56 Å². The minimum Gasteiger partial charge on any atom is -0.0898 e. The summed E-state index contributed by atoms with van der Waals surface area (Å²) in [5.41, 5.74) is 1.32. The third-order valence-corrected chi connectivity index (χ3v) is 3.78. The second kappa shape index (κ2) is 4.86. The normalized spacial score (nSPS) is 10.3. The van der Waals surface area contributed by atoms with Crippen LogP contribution < -0.4 is 0 Å². The number of hydrogen-bond acceptors (Lipinski definition) is 1. The molecular formula is C13H11BrS. The van der Waals surface area contributed by atoms with Crippen molar-refractivity contribution in [2.75, 3.05) is 0 Å². The topological polar surface area (TPSA) is 0 Å². The van der Waals surface area contributed by atoms with Crippen LogP contribution in [0.25, 0.3) is 0 Å². The summed E-state index contributed by atoms with van der Waals surface area (Å²) in [5, 5.41) is 0. The van der Waals surface area contributed by atoms with Crippen molar-refractivity contribution in [3.05, 3.63) is 58.6 Å². The molecule has 0 fully saturated rings. The average molecular weight is 279 g/mol. The van der Waals surface area contributed by atoms with Gasteiger partial charge in [-0.1, -0.05) is 52.0 Å². The SMILES string of the molecule is Cc1ccccc1Sc1cccc(Br)c1. The van der Waals surface area contributed by atoms with Crippen LogP contribution >= 0.6 is 27.7 Å². The molecule has 2 aromatic rings. The number of rotatable bonds is 2. The maximum Gasteiger partial charge on any atom is 0.0186 e. The Morgan fingerprint density at radius 2 is 1.80 bits per heavy atom. The van der Waals surface area contributed by atoms with Crippen molar-refractivity contribution in [3.63, 3.8) is 0 Å². The van der Waals surface area contributed by atoms with Gasteiger partial charge >= 0.3 is 0 Å². The lowest BCUT2D eigenvalue weighted by Gasteiger charge is -2.05. The maximum atomic E-state index is 3.48. The summed E-state index contributed by atoms with van der Waals surface area (Å²) in [7, 11) is 0. The molecule has 0 saturated carbocycles. The highest BCUT2D eigenvalue weighted by atomic mass is 79.9. The molecule has 0 radical (unpaired) electrons. The smallest absolute Gasteiger partial charge is 0.0186 e. The lowest BCUT2D eigenvalue weighted by molar-refractivity contribution is 1.29. The van der Waals surface area contributed by atoms with E-state index >= 15 is 0 Å². The molecule has 15 heavy (non-hydrogen) atoms. The standard InChI is InChI=1S/C13H11BrS/c1-10-5-2-3-8-13(10)15-12-7-4-6-11(14)9-12/h2-9H,1H3. The third-order valence-electron chi connectivity index (χ3n) is 2.12. The Kier molecular flexibility index (Phi) is 3.49. The summed E-state index contributed by atoms with van der Waals surface area (Å²) >= 11 is 5.28. The fourth-order valence-electron chi connectivity index (χ4n) is 1.33. The van der Waals surface area contributed by atoms with Crippen LogP contribution in [0.3, 0.4) is 0 Å². The van der Waals surface area contributed by atoms with Gasteiger partial charge in [-0.2, -0.15) is 0 Å². The number of hydrogen-bond donors (Lipinski definition) is 0. The van der Waals surface area contributed by atoms with E-state index in [4.69, 9.17) is 0 Å². The molecule has 0 aromatic heterocycles. The maximum absolute atomic E-state index is 3.48. The van der Waals surface area contributed by atoms with E-state index in [0.717, 1.165) is 4.47 Å². The lowest BCUT2D eigenvalue weighted by Crippen LogP contribution is -1.78. The zero-order valence-corrected chi connectivity index (χ0v) is 10.8. The van der Waals surface area contributed by atoms with Gasteiger partial charge in [0.25, 0.3) is 0 Å². The van der Waals surface area contributed by atoms with E-state index in [1.165, 1.54) is 15.4 Å². The molecule has 0 saturated heterocycles. The zero-order chi connectivity index (χ0) is 10.7. The largest absolute Gasteiger partial charge is 0.0898 e. The van der Waals surface area contributed by atoms with Crippen molar-refractivity contribution in [1.82, 2.24) is 0 Å². The first kappa shape index (κ1) is 10.8. The van der Waals surface area contributed by atoms with Gasteiger partial charge in [0.15, 0.2) is 0 Å². The van der Waals surface area contributed by atoms with Crippen LogP contribution in [-0.2, 0) is 0 Å². The molecule has 2 heteroatoms. The second-order valence-corrected chi connectivity index (χ2v) is 5.36. The Morgan fingerprint density at radius 3 is 2.53 bits per heavy atom. The van der Waals surface area contributed by atoms with Gasteiger partial charge in [0.2, 0.25) is 0 Å². The van der Waals surface area contributed by atoms with Gasteiger partial charge < -0.3 is 0 Å². The first-order chi connectivity index (χ1) is 7.25. The van der Waals surface area contributed by atoms with Crippen molar-refractivity contribution in [2.24, 2.45) is 0 Å². The van der Waals surface area contributed by atoms with Crippen molar-refractivity contribution in [3.8, 4) is 0 Å². The average Bonchev–Trinajstić information content (AvgIpc) is 2.22. The Hall–Kier alpha value is -0.730. The molecule has 0 aliphatic carbocycles. The minimum absolute atomic E-state index is 1.13. The van der Waals surface area contributed by atoms with Crippen LogP contribution in [-0.4, -0.2) is 0 Å². The van der Waals surface area contributed by atoms with E-state index in [9.17, 15) is 0 Å². The molecule has 0 heterocycles. The van der Waals surface area contributed by atoms with E-state index < -0.39 is 0 Å². The summed E-state index contributed by atoms with van der Waals surface area (Å²) < 4.78 is 1.13. The molecule has 0 N–H and O–H groups in total.